The summed E-state index contributed by atoms with van der Waals surface area (Å²) in [4.78, 5) is 11.5. The van der Waals surface area contributed by atoms with Crippen LogP contribution in [0.4, 0.5) is 0 Å². The average Bonchev–Trinajstić information content (AvgIpc) is 2.54. The van der Waals surface area contributed by atoms with Crippen LogP contribution in [0.25, 0.3) is 0 Å². The summed E-state index contributed by atoms with van der Waals surface area (Å²) in [6, 6.07) is 4.38. The molecule has 23 heavy (non-hydrogen) atoms. The zero-order chi connectivity index (χ0) is 16.6. The number of fused-ring (bicyclic) bond motifs is 1. The van der Waals surface area contributed by atoms with E-state index in [1.165, 1.54) is 4.31 Å². The van der Waals surface area contributed by atoms with Crippen molar-refractivity contribution >= 4 is 16.0 Å². The van der Waals surface area contributed by atoms with Gasteiger partial charge < -0.3 is 9.84 Å². The maximum atomic E-state index is 12.9. The fourth-order valence-electron chi connectivity index (χ4n) is 3.41. The van der Waals surface area contributed by atoms with Crippen molar-refractivity contribution in [3.05, 3.63) is 23.8 Å². The third-order valence-corrected chi connectivity index (χ3v) is 6.72. The fourth-order valence-corrected chi connectivity index (χ4v) is 5.17. The van der Waals surface area contributed by atoms with E-state index in [-0.39, 0.29) is 4.90 Å². The third kappa shape index (κ3) is 2.95. The number of benzene rings is 1. The zero-order valence-electron chi connectivity index (χ0n) is 13.1. The monoisotopic (exact) mass is 339 g/mol. The Morgan fingerprint density at radius 2 is 2.13 bits per heavy atom. The maximum absolute atomic E-state index is 12.9. The van der Waals surface area contributed by atoms with Gasteiger partial charge in [-0.25, -0.2) is 8.42 Å². The van der Waals surface area contributed by atoms with Crippen LogP contribution in [0.5, 0.6) is 5.75 Å². The van der Waals surface area contributed by atoms with Gasteiger partial charge in [-0.15, -0.1) is 0 Å². The summed E-state index contributed by atoms with van der Waals surface area (Å²) >= 11 is 0. The average molecular weight is 339 g/mol. The van der Waals surface area contributed by atoms with Crippen LogP contribution in [0.3, 0.4) is 0 Å². The molecule has 0 aromatic heterocycles. The Bertz CT molecular complexity index is 715. The van der Waals surface area contributed by atoms with Gasteiger partial charge in [0, 0.05) is 12.6 Å². The summed E-state index contributed by atoms with van der Waals surface area (Å²) in [5, 5.41) is 9.28. The predicted octanol–water partition coefficient (Wildman–Crippen LogP) is 1.89. The van der Waals surface area contributed by atoms with Crippen LogP contribution in [0.2, 0.25) is 0 Å². The van der Waals surface area contributed by atoms with E-state index in [1.54, 1.807) is 25.1 Å². The number of aliphatic carboxylic acids is 1. The minimum Gasteiger partial charge on any atom is -0.493 e. The molecule has 1 N–H and O–H groups in total. The van der Waals surface area contributed by atoms with E-state index in [2.05, 4.69) is 0 Å². The Balaban J connectivity index is 1.93. The molecule has 7 heteroatoms. The van der Waals surface area contributed by atoms with Gasteiger partial charge in [-0.2, -0.15) is 4.31 Å². The quantitative estimate of drug-likeness (QED) is 0.909. The Kier molecular flexibility index (Phi) is 4.33. The molecule has 2 atom stereocenters. The molecule has 126 valence electrons. The van der Waals surface area contributed by atoms with Gasteiger partial charge in [0.15, 0.2) is 0 Å². The first-order valence-electron chi connectivity index (χ1n) is 7.91. The Morgan fingerprint density at radius 1 is 1.35 bits per heavy atom. The second kappa shape index (κ2) is 6.13. The van der Waals surface area contributed by atoms with Crippen LogP contribution >= 0.6 is 0 Å². The van der Waals surface area contributed by atoms with Gasteiger partial charge in [-0.1, -0.05) is 0 Å². The number of nitrogens with zero attached hydrogens (tertiary/aromatic N) is 1. The predicted molar refractivity (Wildman–Crippen MR) is 84.0 cm³/mol. The van der Waals surface area contributed by atoms with Crippen LogP contribution < -0.4 is 4.74 Å². The van der Waals surface area contributed by atoms with Crippen molar-refractivity contribution < 1.29 is 23.1 Å². The number of sulfonamides is 1. The highest BCUT2D eigenvalue weighted by Crippen LogP contribution is 2.32. The van der Waals surface area contributed by atoms with Crippen LogP contribution in [-0.2, 0) is 21.2 Å². The third-order valence-electron chi connectivity index (χ3n) is 4.73. The molecule has 2 aliphatic heterocycles. The first-order valence-corrected chi connectivity index (χ1v) is 9.35. The van der Waals surface area contributed by atoms with Gasteiger partial charge in [0.1, 0.15) is 5.75 Å². The summed E-state index contributed by atoms with van der Waals surface area (Å²) in [6.45, 7) is 2.69. The molecule has 0 unspecified atom stereocenters. The molecule has 1 saturated heterocycles. The minimum absolute atomic E-state index is 0.222. The molecule has 1 aromatic rings. The highest BCUT2D eigenvalue weighted by molar-refractivity contribution is 7.89. The smallest absolute Gasteiger partial charge is 0.308 e. The summed E-state index contributed by atoms with van der Waals surface area (Å²) in [7, 11) is -3.70. The molecule has 0 radical (unpaired) electrons. The van der Waals surface area contributed by atoms with E-state index in [9.17, 15) is 18.3 Å². The molecular weight excluding hydrogens is 318 g/mol. The summed E-state index contributed by atoms with van der Waals surface area (Å²) in [5.74, 6) is -0.846. The number of carboxylic acids is 1. The summed E-state index contributed by atoms with van der Waals surface area (Å²) in [6.07, 6.45) is 2.75. The number of aryl methyl sites for hydroxylation is 1. The Hall–Kier alpha value is -1.60. The molecule has 0 saturated carbocycles. The lowest BCUT2D eigenvalue weighted by Gasteiger charge is -2.36. The van der Waals surface area contributed by atoms with Crippen LogP contribution in [0, 0.1) is 5.92 Å². The van der Waals surface area contributed by atoms with Crippen LogP contribution in [-0.4, -0.2) is 43.0 Å². The number of rotatable bonds is 3. The molecule has 0 bridgehead atoms. The Labute approximate surface area is 136 Å². The molecular formula is C16H21NO5S. The van der Waals surface area contributed by atoms with E-state index < -0.39 is 28.0 Å². The largest absolute Gasteiger partial charge is 0.493 e. The van der Waals surface area contributed by atoms with Crippen LogP contribution in [0.15, 0.2) is 23.1 Å². The fraction of sp³-hybridized carbons (Fsp3) is 0.562. The van der Waals surface area contributed by atoms with E-state index >= 15 is 0 Å². The number of piperidine rings is 1. The molecule has 2 aliphatic rings. The second-order valence-corrected chi connectivity index (χ2v) is 8.06. The number of carboxylic acid groups (broad SMARTS) is 1. The topological polar surface area (TPSA) is 83.9 Å². The van der Waals surface area contributed by atoms with Gasteiger partial charge in [-0.3, -0.25) is 4.79 Å². The molecule has 3 rings (SSSR count). The highest BCUT2D eigenvalue weighted by atomic mass is 32.2. The standard InChI is InChI=1S/C16H21NO5S/c1-11-14(16(18)19)5-2-8-17(11)23(20,21)13-6-7-15-12(10-13)4-3-9-22-15/h6-7,10-11,14H,2-5,8-9H2,1H3,(H,18,19)/t11-,14-/m1/s1. The highest BCUT2D eigenvalue weighted by Gasteiger charge is 2.39. The van der Waals surface area contributed by atoms with Crippen molar-refractivity contribution in [1.82, 2.24) is 4.31 Å². The second-order valence-electron chi connectivity index (χ2n) is 6.16. The van der Waals surface area contributed by atoms with E-state index in [0.717, 1.165) is 24.2 Å². The van der Waals surface area contributed by atoms with E-state index in [0.29, 0.717) is 26.0 Å². The van der Waals surface area contributed by atoms with Crippen LogP contribution in [0.1, 0.15) is 31.7 Å². The molecule has 1 fully saturated rings. The van der Waals surface area contributed by atoms with Gasteiger partial charge in [-0.05, 0) is 56.4 Å². The number of hydrogen-bond donors (Lipinski definition) is 1. The molecule has 6 nitrogen and oxygen atoms in total. The van der Waals surface area contributed by atoms with Crippen molar-refractivity contribution in [3.8, 4) is 5.75 Å². The molecule has 0 aliphatic carbocycles. The van der Waals surface area contributed by atoms with Crippen molar-refractivity contribution in [2.75, 3.05) is 13.2 Å². The summed E-state index contributed by atoms with van der Waals surface area (Å²) < 4.78 is 32.7. The van der Waals surface area contributed by atoms with Crippen molar-refractivity contribution in [3.63, 3.8) is 0 Å². The molecule has 0 amide bonds. The lowest BCUT2D eigenvalue weighted by molar-refractivity contribution is -0.144. The van der Waals surface area contributed by atoms with Crippen molar-refractivity contribution in [2.45, 2.75) is 43.5 Å². The van der Waals surface area contributed by atoms with Gasteiger partial charge in [0.05, 0.1) is 17.4 Å². The number of carbonyl (C=O) groups is 1. The minimum atomic E-state index is -3.70. The number of ether oxygens (including phenoxy) is 1. The molecule has 1 aromatic carbocycles. The van der Waals surface area contributed by atoms with E-state index in [1.807, 2.05) is 0 Å². The zero-order valence-corrected chi connectivity index (χ0v) is 13.9. The summed E-state index contributed by atoms with van der Waals surface area (Å²) in [5.41, 5.74) is 0.900. The van der Waals surface area contributed by atoms with Crippen molar-refractivity contribution in [1.29, 1.82) is 0 Å². The SMILES string of the molecule is C[C@@H]1[C@H](C(=O)O)CCCN1S(=O)(=O)c1ccc2c(c1)CCCO2. The normalized spacial score (nSPS) is 25.4. The lowest BCUT2D eigenvalue weighted by atomic mass is 9.92. The van der Waals surface area contributed by atoms with E-state index in [4.69, 9.17) is 4.74 Å². The molecule has 2 heterocycles. The maximum Gasteiger partial charge on any atom is 0.308 e. The van der Waals surface area contributed by atoms with Gasteiger partial charge in [0.25, 0.3) is 0 Å². The Morgan fingerprint density at radius 3 is 2.87 bits per heavy atom. The first-order chi connectivity index (χ1) is 10.9. The molecule has 0 spiro atoms. The lowest BCUT2D eigenvalue weighted by Crippen LogP contribution is -2.49. The first kappa shape index (κ1) is 16.3. The van der Waals surface area contributed by atoms with Gasteiger partial charge in [0.2, 0.25) is 10.0 Å². The number of hydrogen-bond acceptors (Lipinski definition) is 4. The van der Waals surface area contributed by atoms with Crippen molar-refractivity contribution in [2.24, 2.45) is 5.92 Å². The van der Waals surface area contributed by atoms with Gasteiger partial charge >= 0.3 is 5.97 Å².